The largest absolute Gasteiger partial charge is 0.468 e. The summed E-state index contributed by atoms with van der Waals surface area (Å²) in [6.45, 7) is 2.09. The Morgan fingerprint density at radius 2 is 1.30 bits per heavy atom. The van der Waals surface area contributed by atoms with E-state index in [4.69, 9.17) is 0 Å². The monoisotopic (exact) mass is 1000 g/mol. The number of hydrogen-bond donors (Lipinski definition) is 1. The number of ketones is 3. The second-order valence-corrected chi connectivity index (χ2v) is 20.2. The van der Waals surface area contributed by atoms with Gasteiger partial charge >= 0.3 is 5.97 Å². The molecule has 9 rings (SSSR count). The van der Waals surface area contributed by atoms with Crippen LogP contribution in [0, 0.1) is 6.92 Å². The zero-order valence-electron chi connectivity index (χ0n) is 30.3. The molecule has 298 valence electrons. The second kappa shape index (κ2) is 28.6. The van der Waals surface area contributed by atoms with E-state index in [1.54, 1.807) is 98.0 Å². The van der Waals surface area contributed by atoms with Gasteiger partial charge in [-0.2, -0.15) is 35.3 Å². The van der Waals surface area contributed by atoms with Crippen LogP contribution in [-0.2, 0) is 32.1 Å². The fraction of sp³-hybridized carbons (Fsp3) is 0.256. The van der Waals surface area contributed by atoms with Gasteiger partial charge in [0.1, 0.15) is 0 Å². The van der Waals surface area contributed by atoms with E-state index in [9.17, 15) is 24.0 Å². The normalized spacial score (nSPS) is 13.1. The molecule has 6 aromatic heterocycles. The van der Waals surface area contributed by atoms with Gasteiger partial charge in [0, 0.05) is 33.0 Å². The minimum atomic E-state index is -0.293. The summed E-state index contributed by atoms with van der Waals surface area (Å²) in [7, 11) is 1.33. The zero-order valence-corrected chi connectivity index (χ0v) is 40.2. The molecule has 0 fully saturated rings. The zero-order chi connectivity index (χ0) is 40.5. The second-order valence-electron chi connectivity index (χ2n) is 11.0. The molecule has 0 saturated heterocycles. The van der Waals surface area contributed by atoms with Gasteiger partial charge in [-0.3, -0.25) is 24.0 Å². The molecule has 56 heavy (non-hydrogen) atoms. The van der Waals surface area contributed by atoms with Crippen molar-refractivity contribution >= 4 is 161 Å². The van der Waals surface area contributed by atoms with Gasteiger partial charge in [0.05, 0.1) is 44.8 Å². The van der Waals surface area contributed by atoms with E-state index in [2.05, 4.69) is 73.9 Å². The first-order valence-electron chi connectivity index (χ1n) is 16.4. The number of esters is 1. The Kier molecular flexibility index (Phi) is 24.8. The average Bonchev–Trinajstić information content (AvgIpc) is 4.07. The Hall–Kier alpha value is -1.77. The van der Waals surface area contributed by atoms with Gasteiger partial charge < -0.3 is 4.74 Å². The first-order valence-corrected chi connectivity index (χ1v) is 27.1. The Morgan fingerprint density at radius 3 is 1.68 bits per heavy atom. The summed E-state index contributed by atoms with van der Waals surface area (Å²) in [6, 6.07) is 13.9. The molecule has 17 heteroatoms. The summed E-state index contributed by atoms with van der Waals surface area (Å²) in [6.07, 6.45) is 0.852. The number of methoxy groups -OCH3 is 1. The van der Waals surface area contributed by atoms with Crippen molar-refractivity contribution in [3.8, 4) is 0 Å². The highest BCUT2D eigenvalue weighted by Gasteiger charge is 2.19. The van der Waals surface area contributed by atoms with Gasteiger partial charge in [0.2, 0.25) is 0 Å². The van der Waals surface area contributed by atoms with E-state index in [0.717, 1.165) is 49.1 Å². The molecule has 0 amide bonds. The van der Waals surface area contributed by atoms with Crippen molar-refractivity contribution in [3.05, 3.63) is 133 Å². The summed E-state index contributed by atoms with van der Waals surface area (Å²) in [5, 5.41) is 17.3. The highest BCUT2D eigenvalue weighted by Crippen LogP contribution is 2.30. The maximum absolute atomic E-state index is 11.1. The SMILES string of the molecule is BrCc1ccsc1.COC(=O)CS.Cc1ccsc1.O=C1CSCc2ccsc21.O=C1CSCc2ccsc21.O=C1CSCc2sccc21.O=Cc1cccs1. The molecule has 0 bridgehead atoms. The van der Waals surface area contributed by atoms with Crippen molar-refractivity contribution in [1.82, 2.24) is 0 Å². The summed E-state index contributed by atoms with van der Waals surface area (Å²) >= 11 is 21.8. The lowest BCUT2D eigenvalue weighted by Gasteiger charge is -2.07. The smallest absolute Gasteiger partial charge is 0.315 e. The van der Waals surface area contributed by atoms with E-state index < -0.39 is 0 Å². The molecule has 0 spiro atoms. The Morgan fingerprint density at radius 1 is 0.714 bits per heavy atom. The number of carbonyl (C=O) groups is 5. The van der Waals surface area contributed by atoms with Crippen molar-refractivity contribution in [2.45, 2.75) is 29.5 Å². The number of halogens is 1. The summed E-state index contributed by atoms with van der Waals surface area (Å²) in [5.41, 5.74) is 6.14. The number of aryl methyl sites for hydroxylation is 1. The van der Waals surface area contributed by atoms with Crippen LogP contribution in [0.2, 0.25) is 0 Å². The van der Waals surface area contributed by atoms with Crippen LogP contribution in [0.5, 0.6) is 0 Å². The standard InChI is InChI=1S/3C7H6OS2.C5H5BrS.C5H4OS.C5H6S.C3H6O2S/c8-6-3-9-4-7-5(6)1-2-10-7;2*8-6-4-9-3-5-1-2-10-7(5)6;6-3-5-1-2-7-4-5;6-4-5-2-1-3-7-5;1-5-2-3-6-4-5;1-5-3(4)2-6/h3*1-2H,3-4H2;1-2,4H,3H2;1-4H;2-4H,1H3;6H,2H2,1H3. The highest BCUT2D eigenvalue weighted by atomic mass is 79.9. The van der Waals surface area contributed by atoms with Crippen molar-refractivity contribution in [3.63, 3.8) is 0 Å². The van der Waals surface area contributed by atoms with Gasteiger partial charge in [-0.05, 0) is 109 Å². The number of carbonyl (C=O) groups excluding carboxylic acids is 5. The van der Waals surface area contributed by atoms with Crippen LogP contribution >= 0.6 is 132 Å². The van der Waals surface area contributed by atoms with E-state index in [1.807, 2.05) is 45.8 Å². The predicted molar refractivity (Wildman–Crippen MR) is 256 cm³/mol. The van der Waals surface area contributed by atoms with Gasteiger partial charge in [0.25, 0.3) is 0 Å². The lowest BCUT2D eigenvalue weighted by Crippen LogP contribution is -2.08. The number of thiophene rings is 6. The topological polar surface area (TPSA) is 94.6 Å². The molecule has 3 aliphatic rings. The molecule has 0 aromatic carbocycles. The van der Waals surface area contributed by atoms with Gasteiger partial charge in [-0.25, -0.2) is 0 Å². The van der Waals surface area contributed by atoms with Crippen LogP contribution in [0.3, 0.4) is 0 Å². The molecule has 6 aromatic rings. The van der Waals surface area contributed by atoms with Crippen molar-refractivity contribution in [1.29, 1.82) is 0 Å². The molecule has 3 aliphatic heterocycles. The number of thiol groups is 1. The van der Waals surface area contributed by atoms with Crippen LogP contribution < -0.4 is 0 Å². The molecular weight excluding hydrogens is 965 g/mol. The lowest BCUT2D eigenvalue weighted by molar-refractivity contribution is -0.137. The minimum absolute atomic E-state index is 0.163. The van der Waals surface area contributed by atoms with Crippen LogP contribution in [0.4, 0.5) is 0 Å². The maximum Gasteiger partial charge on any atom is 0.315 e. The van der Waals surface area contributed by atoms with E-state index in [-0.39, 0.29) is 11.7 Å². The van der Waals surface area contributed by atoms with Gasteiger partial charge in [0.15, 0.2) is 23.6 Å². The third kappa shape index (κ3) is 18.0. The fourth-order valence-corrected chi connectivity index (χ4v) is 12.6. The third-order valence-electron chi connectivity index (χ3n) is 6.91. The molecular formula is C39H39BrO6S10. The number of thioether (sulfide) groups is 3. The minimum Gasteiger partial charge on any atom is -0.468 e. The summed E-state index contributed by atoms with van der Waals surface area (Å²) < 4.78 is 4.18. The summed E-state index contributed by atoms with van der Waals surface area (Å²) in [5.74, 6) is 5.86. The van der Waals surface area contributed by atoms with Gasteiger partial charge in [-0.1, -0.05) is 22.0 Å². The molecule has 0 unspecified atom stereocenters. The Bertz CT molecular complexity index is 1870. The quantitative estimate of drug-likeness (QED) is 0.0805. The first kappa shape index (κ1) is 48.6. The number of rotatable bonds is 3. The first-order chi connectivity index (χ1) is 27.2. The number of fused-ring (bicyclic) bond motifs is 3. The highest BCUT2D eigenvalue weighted by molar-refractivity contribution is 9.08. The molecule has 0 radical (unpaired) electrons. The third-order valence-corrected chi connectivity index (χ3v) is 16.2. The van der Waals surface area contributed by atoms with E-state index in [1.165, 1.54) is 45.6 Å². The molecule has 9 heterocycles. The number of alkyl halides is 1. The number of hydrogen-bond acceptors (Lipinski definition) is 16. The maximum atomic E-state index is 11.1. The van der Waals surface area contributed by atoms with Crippen LogP contribution in [0.25, 0.3) is 0 Å². The van der Waals surface area contributed by atoms with Crippen molar-refractivity contribution in [2.75, 3.05) is 30.1 Å². The number of ether oxygens (including phenoxy) is 1. The lowest BCUT2D eigenvalue weighted by atomic mass is 10.2. The fourth-order valence-electron chi connectivity index (χ4n) is 4.17. The van der Waals surface area contributed by atoms with Crippen molar-refractivity contribution < 1.29 is 28.7 Å². The molecule has 0 saturated carbocycles. The van der Waals surface area contributed by atoms with Crippen molar-refractivity contribution in [2.24, 2.45) is 0 Å². The number of aldehydes is 1. The predicted octanol–water partition coefficient (Wildman–Crippen LogP) is 12.9. The Balaban J connectivity index is 0.000000177. The molecule has 0 atom stereocenters. The average molecular weight is 1000 g/mol. The van der Waals surface area contributed by atoms with Crippen LogP contribution in [0.1, 0.15) is 66.5 Å². The van der Waals surface area contributed by atoms with Crippen LogP contribution in [-0.4, -0.2) is 59.7 Å². The molecule has 0 aliphatic carbocycles. The molecule has 6 nitrogen and oxygen atoms in total. The van der Waals surface area contributed by atoms with Gasteiger partial charge in [-0.15, -0.1) is 80.6 Å². The summed E-state index contributed by atoms with van der Waals surface area (Å²) in [4.78, 5) is 57.2. The van der Waals surface area contributed by atoms with E-state index in [0.29, 0.717) is 34.6 Å². The number of Topliss-reactive ketones (excluding diaryl/α,β-unsaturated/α-hetero) is 3. The van der Waals surface area contributed by atoms with E-state index >= 15 is 0 Å². The molecule has 0 N–H and O–H groups in total. The van der Waals surface area contributed by atoms with Crippen LogP contribution in [0.15, 0.2) is 85.5 Å². The Labute approximate surface area is 378 Å².